The second-order valence-corrected chi connectivity index (χ2v) is 10.0. The average Bonchev–Trinajstić information content (AvgIpc) is 3.49. The zero-order chi connectivity index (χ0) is 29.5. The Balaban J connectivity index is 2.30. The highest BCUT2D eigenvalue weighted by molar-refractivity contribution is 6.00. The summed E-state index contributed by atoms with van der Waals surface area (Å²) in [5.41, 5.74) is 0.611. The Labute approximate surface area is 236 Å². The van der Waals surface area contributed by atoms with Crippen molar-refractivity contribution in [3.63, 3.8) is 0 Å². The van der Waals surface area contributed by atoms with Crippen molar-refractivity contribution in [2.45, 2.75) is 57.2 Å². The van der Waals surface area contributed by atoms with Crippen LogP contribution in [0.5, 0.6) is 0 Å². The summed E-state index contributed by atoms with van der Waals surface area (Å²) in [6, 6.07) is 7.52. The van der Waals surface area contributed by atoms with Gasteiger partial charge in [0.1, 0.15) is 12.0 Å². The van der Waals surface area contributed by atoms with Gasteiger partial charge < -0.3 is 30.1 Å². The maximum atomic E-state index is 13.5. The molecule has 0 saturated carbocycles. The zero-order valence-corrected chi connectivity index (χ0v) is 23.6. The summed E-state index contributed by atoms with van der Waals surface area (Å²) >= 11 is 0. The van der Waals surface area contributed by atoms with E-state index in [0.717, 1.165) is 12.8 Å². The third-order valence-electron chi connectivity index (χ3n) is 6.77. The summed E-state index contributed by atoms with van der Waals surface area (Å²) in [5, 5.41) is 14.7. The molecule has 1 fully saturated rings. The minimum Gasteiger partial charge on any atom is -0.455 e. The summed E-state index contributed by atoms with van der Waals surface area (Å²) in [5.74, 6) is -3.72. The van der Waals surface area contributed by atoms with E-state index in [1.807, 2.05) is 6.07 Å². The van der Waals surface area contributed by atoms with Crippen LogP contribution in [0, 0.1) is 11.8 Å². The van der Waals surface area contributed by atoms with Gasteiger partial charge in [-0.1, -0.05) is 42.5 Å². The van der Waals surface area contributed by atoms with Gasteiger partial charge in [0.05, 0.1) is 25.2 Å². The van der Waals surface area contributed by atoms with Gasteiger partial charge in [0.2, 0.25) is 17.7 Å². The van der Waals surface area contributed by atoms with Crippen molar-refractivity contribution in [1.82, 2.24) is 15.5 Å². The Kier molecular flexibility index (Phi) is 14.1. The van der Waals surface area contributed by atoms with Crippen LogP contribution in [-0.4, -0.2) is 79.2 Å². The van der Waals surface area contributed by atoms with Crippen LogP contribution in [0.15, 0.2) is 55.6 Å². The van der Waals surface area contributed by atoms with Gasteiger partial charge >= 0.3 is 5.97 Å². The lowest BCUT2D eigenvalue weighted by Gasteiger charge is -2.30. The first-order valence-corrected chi connectivity index (χ1v) is 13.7. The lowest BCUT2D eigenvalue weighted by atomic mass is 9.97. The highest BCUT2D eigenvalue weighted by Gasteiger charge is 2.35. The molecule has 1 aliphatic rings. The summed E-state index contributed by atoms with van der Waals surface area (Å²) in [4.78, 5) is 54.2. The van der Waals surface area contributed by atoms with Gasteiger partial charge in [0, 0.05) is 32.7 Å². The molecule has 0 spiro atoms. The van der Waals surface area contributed by atoms with Crippen molar-refractivity contribution in [2.75, 3.05) is 33.4 Å². The van der Waals surface area contributed by atoms with Gasteiger partial charge in [0.25, 0.3) is 0 Å². The predicted molar refractivity (Wildman–Crippen MR) is 151 cm³/mol. The third-order valence-corrected chi connectivity index (χ3v) is 6.77. The van der Waals surface area contributed by atoms with Crippen LogP contribution in [0.3, 0.4) is 0 Å². The van der Waals surface area contributed by atoms with E-state index in [1.54, 1.807) is 42.2 Å². The number of amides is 3. The zero-order valence-electron chi connectivity index (χ0n) is 23.6. The lowest BCUT2D eigenvalue weighted by Crippen LogP contribution is -2.50. The molecule has 1 aliphatic heterocycles. The second-order valence-electron chi connectivity index (χ2n) is 10.0. The Hall–Kier alpha value is -3.50. The molecule has 0 aliphatic carbocycles. The molecule has 0 bridgehead atoms. The van der Waals surface area contributed by atoms with E-state index in [4.69, 9.17) is 9.47 Å². The largest absolute Gasteiger partial charge is 0.455 e. The number of hydrogen-bond donors (Lipinski definition) is 3. The SMILES string of the molecule is C=CCC(C(=O)N[C@H](C)CO)C(=O)N[C@@H](COC)[C@@H](OC(=O)[C@@H](CC=C)CC(=O)N1CCCC1)c1ccccc1. The molecule has 0 radical (unpaired) electrons. The number of aliphatic hydroxyl groups excluding tert-OH is 1. The number of hydrogen-bond acceptors (Lipinski definition) is 7. The minimum atomic E-state index is -1.12. The molecule has 1 aromatic carbocycles. The second kappa shape index (κ2) is 17.2. The Morgan fingerprint density at radius 1 is 1.02 bits per heavy atom. The molecule has 3 amide bonds. The molecule has 1 unspecified atom stereocenters. The number of nitrogens with zero attached hydrogens (tertiary/aromatic N) is 1. The van der Waals surface area contributed by atoms with Gasteiger partial charge in [-0.3, -0.25) is 19.2 Å². The Morgan fingerprint density at radius 2 is 1.65 bits per heavy atom. The van der Waals surface area contributed by atoms with Crippen molar-refractivity contribution in [1.29, 1.82) is 0 Å². The fourth-order valence-electron chi connectivity index (χ4n) is 4.57. The normalized spacial score (nSPS) is 16.6. The number of ether oxygens (including phenoxy) is 2. The number of rotatable bonds is 17. The molecular formula is C30H43N3O7. The van der Waals surface area contributed by atoms with E-state index in [2.05, 4.69) is 23.8 Å². The molecule has 0 aromatic heterocycles. The van der Waals surface area contributed by atoms with E-state index in [0.29, 0.717) is 18.7 Å². The van der Waals surface area contributed by atoms with Crippen molar-refractivity contribution >= 4 is 23.7 Å². The van der Waals surface area contributed by atoms with E-state index in [1.165, 1.54) is 13.2 Å². The third kappa shape index (κ3) is 9.91. The van der Waals surface area contributed by atoms with Crippen LogP contribution in [0.25, 0.3) is 0 Å². The average molecular weight is 558 g/mol. The van der Waals surface area contributed by atoms with Crippen LogP contribution in [0.1, 0.15) is 50.7 Å². The Bertz CT molecular complexity index is 994. The van der Waals surface area contributed by atoms with Crippen LogP contribution in [-0.2, 0) is 28.7 Å². The van der Waals surface area contributed by atoms with Gasteiger partial charge in [-0.05, 0) is 38.2 Å². The lowest BCUT2D eigenvalue weighted by molar-refractivity contribution is -0.160. The van der Waals surface area contributed by atoms with Crippen molar-refractivity contribution in [3.8, 4) is 0 Å². The first-order valence-electron chi connectivity index (χ1n) is 13.7. The quantitative estimate of drug-likeness (QED) is 0.152. The minimum absolute atomic E-state index is 0.00170. The number of carbonyl (C=O) groups excluding carboxylic acids is 4. The van der Waals surface area contributed by atoms with Crippen molar-refractivity contribution in [2.24, 2.45) is 11.8 Å². The number of aliphatic hydroxyl groups is 1. The van der Waals surface area contributed by atoms with Crippen LogP contribution in [0.2, 0.25) is 0 Å². The molecule has 10 nitrogen and oxygen atoms in total. The first-order chi connectivity index (χ1) is 19.2. The molecule has 220 valence electrons. The highest BCUT2D eigenvalue weighted by Crippen LogP contribution is 2.26. The number of methoxy groups -OCH3 is 1. The highest BCUT2D eigenvalue weighted by atomic mass is 16.5. The van der Waals surface area contributed by atoms with Crippen molar-refractivity contribution < 1.29 is 33.8 Å². The topological polar surface area (TPSA) is 134 Å². The summed E-state index contributed by atoms with van der Waals surface area (Å²) in [6.07, 6.45) is 4.29. The smallest absolute Gasteiger partial charge is 0.310 e. The van der Waals surface area contributed by atoms with E-state index >= 15 is 0 Å². The van der Waals surface area contributed by atoms with Crippen molar-refractivity contribution in [3.05, 3.63) is 61.2 Å². The maximum Gasteiger partial charge on any atom is 0.310 e. The molecule has 1 aromatic rings. The monoisotopic (exact) mass is 557 g/mol. The molecule has 5 atom stereocenters. The molecule has 2 rings (SSSR count). The summed E-state index contributed by atoms with van der Waals surface area (Å²) < 4.78 is 11.4. The summed E-state index contributed by atoms with van der Waals surface area (Å²) in [6.45, 7) is 10.1. The van der Waals surface area contributed by atoms with E-state index in [9.17, 15) is 24.3 Å². The van der Waals surface area contributed by atoms with Crippen LogP contribution >= 0.6 is 0 Å². The van der Waals surface area contributed by atoms with Crippen LogP contribution in [0.4, 0.5) is 0 Å². The first kappa shape index (κ1) is 32.7. The Morgan fingerprint density at radius 3 is 2.23 bits per heavy atom. The van der Waals surface area contributed by atoms with Gasteiger partial charge in [0.15, 0.2) is 0 Å². The number of benzene rings is 1. The fraction of sp³-hybridized carbons (Fsp3) is 0.533. The molecule has 1 heterocycles. The maximum absolute atomic E-state index is 13.5. The van der Waals surface area contributed by atoms with Gasteiger partial charge in [-0.15, -0.1) is 13.2 Å². The van der Waals surface area contributed by atoms with Gasteiger partial charge in [-0.2, -0.15) is 0 Å². The molecule has 1 saturated heterocycles. The summed E-state index contributed by atoms with van der Waals surface area (Å²) in [7, 11) is 1.45. The molecule has 3 N–H and O–H groups in total. The molecular weight excluding hydrogens is 514 g/mol. The standard InChI is InChI=1S/C30H43N3O7/c1-5-12-23(18-26(35)33-16-10-11-17-33)30(38)40-27(22-14-8-7-9-15-22)25(20-39-4)32-29(37)24(13-6-2)28(36)31-21(3)19-34/h5-9,14-15,21,23-25,27,34H,1-2,10-13,16-20H2,3-4H3,(H,31,36)(H,32,37)/t21-,23+,24?,25+,27+/m1/s1. The fourth-order valence-corrected chi connectivity index (χ4v) is 4.57. The van der Waals surface area contributed by atoms with E-state index < -0.39 is 47.8 Å². The van der Waals surface area contributed by atoms with Gasteiger partial charge in [-0.25, -0.2) is 0 Å². The number of nitrogens with one attached hydrogen (secondary N) is 2. The number of carbonyl (C=O) groups is 4. The van der Waals surface area contributed by atoms with Crippen LogP contribution < -0.4 is 10.6 Å². The number of allylic oxidation sites excluding steroid dienone is 2. The predicted octanol–water partition coefficient (Wildman–Crippen LogP) is 2.30. The van der Waals surface area contributed by atoms with E-state index in [-0.39, 0.29) is 38.4 Å². The number of esters is 1. The number of likely N-dealkylation sites (tertiary alicyclic amines) is 1. The molecule has 40 heavy (non-hydrogen) atoms. The molecule has 10 heteroatoms.